The molecule has 1 heterocycles. The highest BCUT2D eigenvalue weighted by Gasteiger charge is 2.05. The molecule has 0 unspecified atom stereocenters. The fraction of sp³-hybridized carbons (Fsp3) is 0.308. The van der Waals surface area contributed by atoms with Gasteiger partial charge in [-0.3, -0.25) is 0 Å². The SMILES string of the molecule is CCCNc1nccn1Cc1ccc(F)c(Cl)c1. The van der Waals surface area contributed by atoms with Crippen LogP contribution in [0.25, 0.3) is 0 Å². The van der Waals surface area contributed by atoms with Gasteiger partial charge in [0.15, 0.2) is 0 Å². The Bertz CT molecular complexity index is 525. The lowest BCUT2D eigenvalue weighted by atomic mass is 10.2. The highest BCUT2D eigenvalue weighted by atomic mass is 35.5. The molecule has 0 spiro atoms. The number of rotatable bonds is 5. The van der Waals surface area contributed by atoms with E-state index in [1.165, 1.54) is 6.07 Å². The van der Waals surface area contributed by atoms with Crippen molar-refractivity contribution in [3.05, 3.63) is 47.0 Å². The van der Waals surface area contributed by atoms with E-state index in [-0.39, 0.29) is 5.02 Å². The van der Waals surface area contributed by atoms with Gasteiger partial charge in [0.05, 0.1) is 11.6 Å². The zero-order valence-electron chi connectivity index (χ0n) is 10.2. The van der Waals surface area contributed by atoms with Gasteiger partial charge in [-0.15, -0.1) is 0 Å². The van der Waals surface area contributed by atoms with Crippen molar-refractivity contribution in [2.45, 2.75) is 19.9 Å². The van der Waals surface area contributed by atoms with Gasteiger partial charge in [-0.1, -0.05) is 24.6 Å². The third-order valence-corrected chi connectivity index (χ3v) is 2.88. The Hall–Kier alpha value is -1.55. The van der Waals surface area contributed by atoms with E-state index in [0.717, 1.165) is 24.5 Å². The summed E-state index contributed by atoms with van der Waals surface area (Å²) in [5.41, 5.74) is 0.943. The lowest BCUT2D eigenvalue weighted by Gasteiger charge is -2.09. The molecule has 18 heavy (non-hydrogen) atoms. The van der Waals surface area contributed by atoms with E-state index >= 15 is 0 Å². The first-order valence-electron chi connectivity index (χ1n) is 5.89. The Morgan fingerprint density at radius 1 is 1.44 bits per heavy atom. The second-order valence-electron chi connectivity index (χ2n) is 4.05. The molecular formula is C13H15ClFN3. The van der Waals surface area contributed by atoms with Gasteiger partial charge in [0.2, 0.25) is 5.95 Å². The molecule has 0 saturated carbocycles. The first kappa shape index (κ1) is 12.9. The smallest absolute Gasteiger partial charge is 0.203 e. The van der Waals surface area contributed by atoms with Gasteiger partial charge in [-0.25, -0.2) is 9.37 Å². The molecule has 0 bridgehead atoms. The summed E-state index contributed by atoms with van der Waals surface area (Å²) in [5.74, 6) is 0.424. The molecule has 0 aliphatic heterocycles. The predicted molar refractivity (Wildman–Crippen MR) is 71.5 cm³/mol. The highest BCUT2D eigenvalue weighted by Crippen LogP contribution is 2.17. The molecule has 0 amide bonds. The van der Waals surface area contributed by atoms with Crippen LogP contribution in [0, 0.1) is 5.82 Å². The van der Waals surface area contributed by atoms with Gasteiger partial charge in [0.25, 0.3) is 0 Å². The summed E-state index contributed by atoms with van der Waals surface area (Å²) in [6.07, 6.45) is 4.66. The molecular weight excluding hydrogens is 253 g/mol. The fourth-order valence-electron chi connectivity index (χ4n) is 1.68. The van der Waals surface area contributed by atoms with Crippen LogP contribution >= 0.6 is 11.6 Å². The van der Waals surface area contributed by atoms with Crippen LogP contribution in [-0.2, 0) is 6.54 Å². The minimum Gasteiger partial charge on any atom is -0.356 e. The summed E-state index contributed by atoms with van der Waals surface area (Å²) in [4.78, 5) is 4.23. The van der Waals surface area contributed by atoms with Crippen LogP contribution in [0.15, 0.2) is 30.6 Å². The van der Waals surface area contributed by atoms with Crippen molar-refractivity contribution >= 4 is 17.5 Å². The summed E-state index contributed by atoms with van der Waals surface area (Å²) in [6, 6.07) is 4.75. The van der Waals surface area contributed by atoms with Crippen molar-refractivity contribution in [1.82, 2.24) is 9.55 Å². The molecule has 1 aromatic carbocycles. The van der Waals surface area contributed by atoms with Gasteiger partial charge < -0.3 is 9.88 Å². The Kier molecular flexibility index (Phi) is 4.20. The van der Waals surface area contributed by atoms with Crippen LogP contribution in [0.2, 0.25) is 5.02 Å². The van der Waals surface area contributed by atoms with Crippen molar-refractivity contribution in [2.75, 3.05) is 11.9 Å². The molecule has 2 aromatic rings. The fourth-order valence-corrected chi connectivity index (χ4v) is 1.88. The average molecular weight is 268 g/mol. The number of nitrogens with zero attached hydrogens (tertiary/aromatic N) is 2. The maximum Gasteiger partial charge on any atom is 0.203 e. The molecule has 3 nitrogen and oxygen atoms in total. The topological polar surface area (TPSA) is 29.9 Å². The summed E-state index contributed by atoms with van der Waals surface area (Å²) in [7, 11) is 0. The zero-order chi connectivity index (χ0) is 13.0. The van der Waals surface area contributed by atoms with E-state index in [0.29, 0.717) is 6.54 Å². The van der Waals surface area contributed by atoms with Crippen LogP contribution < -0.4 is 5.32 Å². The maximum absolute atomic E-state index is 13.1. The molecule has 0 fully saturated rings. The molecule has 2 rings (SSSR count). The van der Waals surface area contributed by atoms with Crippen LogP contribution in [-0.4, -0.2) is 16.1 Å². The third-order valence-electron chi connectivity index (χ3n) is 2.59. The first-order chi connectivity index (χ1) is 8.70. The number of benzene rings is 1. The Balaban J connectivity index is 2.13. The van der Waals surface area contributed by atoms with Crippen molar-refractivity contribution < 1.29 is 4.39 Å². The Morgan fingerprint density at radius 2 is 2.28 bits per heavy atom. The average Bonchev–Trinajstić information content (AvgIpc) is 2.79. The van der Waals surface area contributed by atoms with Crippen molar-refractivity contribution in [3.63, 3.8) is 0 Å². The molecule has 0 aliphatic rings. The largest absolute Gasteiger partial charge is 0.356 e. The number of hydrogen-bond donors (Lipinski definition) is 1. The molecule has 1 aromatic heterocycles. The van der Waals surface area contributed by atoms with E-state index in [9.17, 15) is 4.39 Å². The zero-order valence-corrected chi connectivity index (χ0v) is 10.9. The molecule has 5 heteroatoms. The predicted octanol–water partition coefficient (Wildman–Crippen LogP) is 3.55. The van der Waals surface area contributed by atoms with Crippen molar-refractivity contribution in [2.24, 2.45) is 0 Å². The van der Waals surface area contributed by atoms with Crippen LogP contribution in [0.1, 0.15) is 18.9 Å². The van der Waals surface area contributed by atoms with Crippen LogP contribution in [0.3, 0.4) is 0 Å². The van der Waals surface area contributed by atoms with Gasteiger partial charge in [-0.2, -0.15) is 0 Å². The van der Waals surface area contributed by atoms with E-state index < -0.39 is 5.82 Å². The molecule has 0 aliphatic carbocycles. The summed E-state index contributed by atoms with van der Waals surface area (Å²) in [6.45, 7) is 3.59. The quantitative estimate of drug-likeness (QED) is 0.898. The lowest BCUT2D eigenvalue weighted by Crippen LogP contribution is -2.08. The van der Waals surface area contributed by atoms with Gasteiger partial charge in [0, 0.05) is 18.9 Å². The van der Waals surface area contributed by atoms with E-state index in [1.54, 1.807) is 18.3 Å². The maximum atomic E-state index is 13.1. The summed E-state index contributed by atoms with van der Waals surface area (Å²) in [5, 5.41) is 3.38. The standard InChI is InChI=1S/C13H15ClFN3/c1-2-5-16-13-17-6-7-18(13)9-10-3-4-12(15)11(14)8-10/h3-4,6-8H,2,5,9H2,1H3,(H,16,17). The number of imidazole rings is 1. The second-order valence-corrected chi connectivity index (χ2v) is 4.46. The van der Waals surface area contributed by atoms with E-state index in [2.05, 4.69) is 17.2 Å². The van der Waals surface area contributed by atoms with Gasteiger partial charge in [-0.05, 0) is 24.1 Å². The lowest BCUT2D eigenvalue weighted by molar-refractivity contribution is 0.626. The normalized spacial score (nSPS) is 10.6. The van der Waals surface area contributed by atoms with Crippen LogP contribution in [0.4, 0.5) is 10.3 Å². The van der Waals surface area contributed by atoms with Crippen LogP contribution in [0.5, 0.6) is 0 Å². The van der Waals surface area contributed by atoms with Gasteiger partial charge in [0.1, 0.15) is 5.82 Å². The third kappa shape index (κ3) is 3.01. The van der Waals surface area contributed by atoms with E-state index in [4.69, 9.17) is 11.6 Å². The number of aromatic nitrogens is 2. The molecule has 0 radical (unpaired) electrons. The first-order valence-corrected chi connectivity index (χ1v) is 6.27. The monoisotopic (exact) mass is 267 g/mol. The Morgan fingerprint density at radius 3 is 3.00 bits per heavy atom. The Labute approximate surface area is 111 Å². The van der Waals surface area contributed by atoms with Crippen molar-refractivity contribution in [1.29, 1.82) is 0 Å². The summed E-state index contributed by atoms with van der Waals surface area (Å²) >= 11 is 5.76. The van der Waals surface area contributed by atoms with E-state index in [1.807, 2.05) is 10.8 Å². The minimum absolute atomic E-state index is 0.149. The van der Waals surface area contributed by atoms with Gasteiger partial charge >= 0.3 is 0 Å². The molecule has 1 N–H and O–H groups in total. The number of hydrogen-bond acceptors (Lipinski definition) is 2. The molecule has 0 atom stereocenters. The van der Waals surface area contributed by atoms with Crippen molar-refractivity contribution in [3.8, 4) is 0 Å². The second kappa shape index (κ2) is 5.87. The highest BCUT2D eigenvalue weighted by molar-refractivity contribution is 6.30. The number of anilines is 1. The molecule has 96 valence electrons. The number of nitrogens with one attached hydrogen (secondary N) is 1. The number of halogens is 2. The summed E-state index contributed by atoms with van der Waals surface area (Å²) < 4.78 is 15.0. The molecule has 0 saturated heterocycles. The minimum atomic E-state index is -0.393.